The molecule has 3 rings (SSSR count). The Balaban J connectivity index is 1.83. The minimum absolute atomic E-state index is 0.0572. The Morgan fingerprint density at radius 2 is 2.00 bits per heavy atom. The molecular formula is C19H23N5O2. The topological polar surface area (TPSA) is 102 Å². The average Bonchev–Trinajstić information content (AvgIpc) is 3.00. The number of nitrogens with one attached hydrogen (secondary N) is 1. The van der Waals surface area contributed by atoms with Crippen molar-refractivity contribution in [3.05, 3.63) is 30.1 Å². The van der Waals surface area contributed by atoms with Gasteiger partial charge in [0.05, 0.1) is 17.3 Å². The van der Waals surface area contributed by atoms with E-state index in [1.165, 1.54) is 0 Å². The molecule has 0 radical (unpaired) electrons. The van der Waals surface area contributed by atoms with E-state index < -0.39 is 6.10 Å². The minimum atomic E-state index is -1.00. The molecule has 7 nitrogen and oxygen atoms in total. The fraction of sp³-hybridized carbons (Fsp3) is 0.474. The summed E-state index contributed by atoms with van der Waals surface area (Å²) in [5, 5.41) is 22.2. The number of carbonyl (C=O) groups excluding carboxylic acids is 1. The lowest BCUT2D eigenvalue weighted by Gasteiger charge is -2.22. The van der Waals surface area contributed by atoms with Gasteiger partial charge in [0.15, 0.2) is 0 Å². The molecule has 2 N–H and O–H groups in total. The third-order valence-corrected chi connectivity index (χ3v) is 4.91. The first kappa shape index (κ1) is 18.1. The van der Waals surface area contributed by atoms with Crippen LogP contribution in [-0.2, 0) is 4.79 Å². The van der Waals surface area contributed by atoms with E-state index in [4.69, 9.17) is 0 Å². The fourth-order valence-electron chi connectivity index (χ4n) is 3.31. The first-order chi connectivity index (χ1) is 12.4. The standard InChI is InChI=1S/C19H23N5O2/c1-11(2)18(25)19(26)23-14-10-24(9-12(14)3)15-5-4-13(8-20)16-17(15)22-7-6-21-16/h4-7,11-12,14,18,25H,9-10H2,1-3H3,(H,23,26)/t12?,14?,18-/m1/s1. The molecule has 1 amide bonds. The van der Waals surface area contributed by atoms with Crippen molar-refractivity contribution in [3.63, 3.8) is 0 Å². The predicted molar refractivity (Wildman–Crippen MR) is 98.4 cm³/mol. The zero-order chi connectivity index (χ0) is 18.8. The van der Waals surface area contributed by atoms with Gasteiger partial charge in [0, 0.05) is 25.5 Å². The maximum Gasteiger partial charge on any atom is 0.249 e. The van der Waals surface area contributed by atoms with Crippen LogP contribution in [0.2, 0.25) is 0 Å². The number of anilines is 1. The van der Waals surface area contributed by atoms with Gasteiger partial charge in [-0.05, 0) is 24.0 Å². The van der Waals surface area contributed by atoms with Crippen LogP contribution in [0.5, 0.6) is 0 Å². The molecule has 0 aliphatic carbocycles. The Morgan fingerprint density at radius 3 is 2.65 bits per heavy atom. The van der Waals surface area contributed by atoms with Gasteiger partial charge in [-0.15, -0.1) is 0 Å². The van der Waals surface area contributed by atoms with Crippen molar-refractivity contribution in [2.75, 3.05) is 18.0 Å². The molecule has 1 aromatic heterocycles. The molecule has 0 spiro atoms. The van der Waals surface area contributed by atoms with E-state index >= 15 is 0 Å². The second-order valence-corrected chi connectivity index (χ2v) is 7.18. The largest absolute Gasteiger partial charge is 0.383 e. The molecule has 136 valence electrons. The lowest BCUT2D eigenvalue weighted by atomic mass is 10.0. The molecule has 0 bridgehead atoms. The van der Waals surface area contributed by atoms with E-state index in [1.807, 2.05) is 19.9 Å². The number of aliphatic hydroxyl groups excluding tert-OH is 1. The summed E-state index contributed by atoms with van der Waals surface area (Å²) in [5.41, 5.74) is 2.67. The molecule has 1 saturated heterocycles. The average molecular weight is 353 g/mol. The van der Waals surface area contributed by atoms with Crippen LogP contribution in [0.1, 0.15) is 26.3 Å². The Bertz CT molecular complexity index is 861. The molecular weight excluding hydrogens is 330 g/mol. The molecule has 1 aliphatic heterocycles. The summed E-state index contributed by atoms with van der Waals surface area (Å²) in [6, 6.07) is 5.73. The molecule has 1 fully saturated rings. The first-order valence-corrected chi connectivity index (χ1v) is 8.79. The van der Waals surface area contributed by atoms with Crippen LogP contribution in [0.4, 0.5) is 5.69 Å². The maximum atomic E-state index is 12.2. The lowest BCUT2D eigenvalue weighted by Crippen LogP contribution is -2.46. The van der Waals surface area contributed by atoms with Crippen LogP contribution in [0.15, 0.2) is 24.5 Å². The molecule has 1 aliphatic rings. The molecule has 7 heteroatoms. The summed E-state index contributed by atoms with van der Waals surface area (Å²) in [6.07, 6.45) is 2.19. The number of hydrogen-bond donors (Lipinski definition) is 2. The van der Waals surface area contributed by atoms with Crippen molar-refractivity contribution in [2.24, 2.45) is 11.8 Å². The Morgan fingerprint density at radius 1 is 1.31 bits per heavy atom. The Hall–Kier alpha value is -2.72. The van der Waals surface area contributed by atoms with E-state index in [2.05, 4.69) is 33.2 Å². The monoisotopic (exact) mass is 353 g/mol. The van der Waals surface area contributed by atoms with Crippen LogP contribution >= 0.6 is 0 Å². The molecule has 1 aromatic carbocycles. The molecule has 3 atom stereocenters. The number of fused-ring (bicyclic) bond motifs is 1. The number of nitrogens with zero attached hydrogens (tertiary/aromatic N) is 4. The van der Waals surface area contributed by atoms with E-state index in [9.17, 15) is 15.2 Å². The summed E-state index contributed by atoms with van der Waals surface area (Å²) in [4.78, 5) is 23.0. The maximum absolute atomic E-state index is 12.2. The second kappa shape index (κ2) is 7.26. The Kier molecular flexibility index (Phi) is 5.05. The van der Waals surface area contributed by atoms with Gasteiger partial charge in [0.1, 0.15) is 23.2 Å². The van der Waals surface area contributed by atoms with Crippen molar-refractivity contribution in [3.8, 4) is 6.07 Å². The van der Waals surface area contributed by atoms with Crippen LogP contribution in [0, 0.1) is 23.2 Å². The predicted octanol–water partition coefficient (Wildman–Crippen LogP) is 1.46. The van der Waals surface area contributed by atoms with E-state index in [0.29, 0.717) is 23.1 Å². The van der Waals surface area contributed by atoms with Gasteiger partial charge < -0.3 is 15.3 Å². The van der Waals surface area contributed by atoms with Crippen LogP contribution in [0.25, 0.3) is 11.0 Å². The summed E-state index contributed by atoms with van der Waals surface area (Å²) in [5.74, 6) is -0.232. The van der Waals surface area contributed by atoms with Gasteiger partial charge in [-0.3, -0.25) is 14.8 Å². The SMILES string of the molecule is CC1CN(c2ccc(C#N)c3nccnc23)CC1NC(=O)[C@H](O)C(C)C. The van der Waals surface area contributed by atoms with Gasteiger partial charge in [0.2, 0.25) is 5.91 Å². The lowest BCUT2D eigenvalue weighted by molar-refractivity contribution is -0.132. The van der Waals surface area contributed by atoms with Crippen molar-refractivity contribution < 1.29 is 9.90 Å². The Labute approximate surface area is 152 Å². The van der Waals surface area contributed by atoms with Gasteiger partial charge >= 0.3 is 0 Å². The highest BCUT2D eigenvalue weighted by Gasteiger charge is 2.33. The van der Waals surface area contributed by atoms with Crippen LogP contribution in [0.3, 0.4) is 0 Å². The number of nitriles is 1. The quantitative estimate of drug-likeness (QED) is 0.863. The molecule has 2 unspecified atom stereocenters. The molecule has 2 aromatic rings. The highest BCUT2D eigenvalue weighted by Crippen LogP contribution is 2.30. The summed E-state index contributed by atoms with van der Waals surface area (Å²) >= 11 is 0. The minimum Gasteiger partial charge on any atom is -0.383 e. The first-order valence-electron chi connectivity index (χ1n) is 8.79. The van der Waals surface area contributed by atoms with Crippen molar-refractivity contribution in [1.82, 2.24) is 15.3 Å². The summed E-state index contributed by atoms with van der Waals surface area (Å²) in [7, 11) is 0. The second-order valence-electron chi connectivity index (χ2n) is 7.18. The molecule has 26 heavy (non-hydrogen) atoms. The third kappa shape index (κ3) is 3.33. The summed E-state index contributed by atoms with van der Waals surface area (Å²) < 4.78 is 0. The zero-order valence-corrected chi connectivity index (χ0v) is 15.2. The number of amides is 1. The highest BCUT2D eigenvalue weighted by atomic mass is 16.3. The van der Waals surface area contributed by atoms with E-state index in [-0.39, 0.29) is 23.8 Å². The van der Waals surface area contributed by atoms with Crippen molar-refractivity contribution >= 4 is 22.6 Å². The van der Waals surface area contributed by atoms with Crippen LogP contribution < -0.4 is 10.2 Å². The normalized spacial score (nSPS) is 21.0. The van der Waals surface area contributed by atoms with Gasteiger partial charge in [-0.2, -0.15) is 5.26 Å². The number of aromatic nitrogens is 2. The zero-order valence-electron chi connectivity index (χ0n) is 15.2. The molecule has 2 heterocycles. The number of hydrogen-bond acceptors (Lipinski definition) is 6. The fourth-order valence-corrected chi connectivity index (χ4v) is 3.31. The number of rotatable bonds is 4. The molecule has 0 saturated carbocycles. The smallest absolute Gasteiger partial charge is 0.249 e. The highest BCUT2D eigenvalue weighted by molar-refractivity contribution is 5.92. The number of aliphatic hydroxyl groups is 1. The van der Waals surface area contributed by atoms with Crippen LogP contribution in [-0.4, -0.2) is 46.2 Å². The van der Waals surface area contributed by atoms with Gasteiger partial charge in [0.25, 0.3) is 0 Å². The van der Waals surface area contributed by atoms with Gasteiger partial charge in [-0.1, -0.05) is 20.8 Å². The van der Waals surface area contributed by atoms with E-state index in [0.717, 1.165) is 12.2 Å². The van der Waals surface area contributed by atoms with E-state index in [1.54, 1.807) is 18.5 Å². The number of carbonyl (C=O) groups is 1. The van der Waals surface area contributed by atoms with Crippen molar-refractivity contribution in [1.29, 1.82) is 5.26 Å². The third-order valence-electron chi connectivity index (χ3n) is 4.91. The van der Waals surface area contributed by atoms with Gasteiger partial charge in [-0.25, -0.2) is 0 Å². The van der Waals surface area contributed by atoms with Crippen molar-refractivity contribution in [2.45, 2.75) is 32.9 Å². The number of benzene rings is 1. The summed E-state index contributed by atoms with van der Waals surface area (Å²) in [6.45, 7) is 7.08.